The van der Waals surface area contributed by atoms with Crippen LogP contribution in [0.4, 0.5) is 11.4 Å². The van der Waals surface area contributed by atoms with Gasteiger partial charge in [-0.15, -0.1) is 11.8 Å². The van der Waals surface area contributed by atoms with Gasteiger partial charge in [-0.3, -0.25) is 18.7 Å². The third-order valence-corrected chi connectivity index (χ3v) is 6.19. The van der Waals surface area contributed by atoms with Gasteiger partial charge < -0.3 is 10.2 Å². The molecule has 0 aliphatic carbocycles. The van der Waals surface area contributed by atoms with Crippen molar-refractivity contribution in [2.24, 2.45) is 14.1 Å². The zero-order valence-corrected chi connectivity index (χ0v) is 17.2. The summed E-state index contributed by atoms with van der Waals surface area (Å²) in [6, 6.07) is 13.2. The fraction of sp³-hybridized carbons (Fsp3) is 0.286. The van der Waals surface area contributed by atoms with Crippen LogP contribution in [0.3, 0.4) is 0 Å². The Hall–Kier alpha value is -3.00. The van der Waals surface area contributed by atoms with Gasteiger partial charge in [-0.05, 0) is 30.3 Å². The second kappa shape index (κ2) is 7.79. The number of aromatic nitrogens is 2. The van der Waals surface area contributed by atoms with Gasteiger partial charge in [0.15, 0.2) is 0 Å². The maximum atomic E-state index is 12.7. The standard InChI is InChI=1S/C21H22N4O3S/c1-23-15-8-7-14(13-17(15)24(2)21(23)28)22-19(26)9-10-20(27)25-11-12-29-18-6-4-3-5-16(18)25/h3-8,13H,9-12H2,1-2H3,(H,22,26). The monoisotopic (exact) mass is 410 g/mol. The minimum atomic E-state index is -0.224. The van der Waals surface area contributed by atoms with Crippen LogP contribution in [-0.2, 0) is 23.7 Å². The first-order chi connectivity index (χ1) is 14.0. The van der Waals surface area contributed by atoms with Crippen molar-refractivity contribution >= 4 is 46.0 Å². The Balaban J connectivity index is 1.41. The number of para-hydroxylation sites is 1. The highest BCUT2D eigenvalue weighted by molar-refractivity contribution is 7.99. The number of imidazole rings is 1. The van der Waals surface area contributed by atoms with E-state index in [1.807, 2.05) is 24.3 Å². The molecule has 2 heterocycles. The normalized spacial score (nSPS) is 13.4. The van der Waals surface area contributed by atoms with Crippen molar-refractivity contribution < 1.29 is 9.59 Å². The van der Waals surface area contributed by atoms with Gasteiger partial charge in [0.2, 0.25) is 11.8 Å². The number of carbonyl (C=O) groups is 2. The van der Waals surface area contributed by atoms with Crippen molar-refractivity contribution in [3.63, 3.8) is 0 Å². The van der Waals surface area contributed by atoms with Crippen molar-refractivity contribution in [2.75, 3.05) is 22.5 Å². The van der Waals surface area contributed by atoms with Gasteiger partial charge in [0.25, 0.3) is 0 Å². The summed E-state index contributed by atoms with van der Waals surface area (Å²) in [5.74, 6) is 0.581. The van der Waals surface area contributed by atoms with E-state index in [2.05, 4.69) is 5.32 Å². The Bertz CT molecular complexity index is 1160. The summed E-state index contributed by atoms with van der Waals surface area (Å²) in [6.45, 7) is 0.654. The van der Waals surface area contributed by atoms with Crippen molar-refractivity contribution in [1.29, 1.82) is 0 Å². The summed E-state index contributed by atoms with van der Waals surface area (Å²) in [4.78, 5) is 39.9. The Kier molecular flexibility index (Phi) is 5.19. The first kappa shape index (κ1) is 19.3. The number of fused-ring (bicyclic) bond motifs is 2. The van der Waals surface area contributed by atoms with Crippen molar-refractivity contribution in [2.45, 2.75) is 17.7 Å². The zero-order valence-electron chi connectivity index (χ0n) is 16.3. The van der Waals surface area contributed by atoms with Crippen LogP contribution in [-0.4, -0.2) is 33.2 Å². The molecule has 0 bridgehead atoms. The van der Waals surface area contributed by atoms with E-state index in [0.29, 0.717) is 12.2 Å². The number of rotatable bonds is 4. The summed E-state index contributed by atoms with van der Waals surface area (Å²) in [5.41, 5.74) is 2.95. The quantitative estimate of drug-likeness (QED) is 0.718. The number of amides is 2. The molecule has 1 aliphatic heterocycles. The number of nitrogens with zero attached hydrogens (tertiary/aromatic N) is 3. The number of nitrogens with one attached hydrogen (secondary N) is 1. The minimum absolute atomic E-state index is 0.0474. The molecule has 2 aromatic carbocycles. The van der Waals surface area contributed by atoms with E-state index in [4.69, 9.17) is 0 Å². The molecule has 4 rings (SSSR count). The molecule has 0 unspecified atom stereocenters. The van der Waals surface area contributed by atoms with Crippen LogP contribution in [0.2, 0.25) is 0 Å². The molecule has 1 aromatic heterocycles. The van der Waals surface area contributed by atoms with Crippen LogP contribution in [0.5, 0.6) is 0 Å². The van der Waals surface area contributed by atoms with Crippen LogP contribution >= 0.6 is 11.8 Å². The molecule has 0 fully saturated rings. The van der Waals surface area contributed by atoms with Gasteiger partial charge in [0.05, 0.1) is 16.7 Å². The highest BCUT2D eigenvalue weighted by Crippen LogP contribution is 2.34. The second-order valence-corrected chi connectivity index (χ2v) is 8.15. The Labute approximate surface area is 172 Å². The maximum absolute atomic E-state index is 12.7. The summed E-state index contributed by atoms with van der Waals surface area (Å²) in [6.07, 6.45) is 0.257. The molecular weight excluding hydrogens is 388 g/mol. The topological polar surface area (TPSA) is 76.3 Å². The molecule has 8 heteroatoms. The van der Waals surface area contributed by atoms with E-state index < -0.39 is 0 Å². The van der Waals surface area contributed by atoms with Crippen LogP contribution in [0.25, 0.3) is 11.0 Å². The van der Waals surface area contributed by atoms with E-state index in [0.717, 1.165) is 27.4 Å². The largest absolute Gasteiger partial charge is 0.328 e. The molecule has 1 aliphatic rings. The fourth-order valence-corrected chi connectivity index (χ4v) is 4.59. The molecule has 29 heavy (non-hydrogen) atoms. The van der Waals surface area contributed by atoms with Gasteiger partial charge in [-0.2, -0.15) is 0 Å². The van der Waals surface area contributed by atoms with Gasteiger partial charge in [0, 0.05) is 49.8 Å². The number of hydrogen-bond donors (Lipinski definition) is 1. The SMILES string of the molecule is Cn1c(=O)n(C)c2cc(NC(=O)CCC(=O)N3CCSc4ccccc43)ccc21. The molecule has 0 radical (unpaired) electrons. The van der Waals surface area contributed by atoms with E-state index in [-0.39, 0.29) is 30.3 Å². The summed E-state index contributed by atoms with van der Waals surface area (Å²) < 4.78 is 3.11. The van der Waals surface area contributed by atoms with E-state index in [1.165, 1.54) is 0 Å². The second-order valence-electron chi connectivity index (χ2n) is 7.01. The molecular formula is C21H22N4O3S. The third kappa shape index (κ3) is 3.67. The Morgan fingerprint density at radius 2 is 1.79 bits per heavy atom. The lowest BCUT2D eigenvalue weighted by Crippen LogP contribution is -2.35. The number of benzene rings is 2. The highest BCUT2D eigenvalue weighted by Gasteiger charge is 2.23. The lowest BCUT2D eigenvalue weighted by atomic mass is 10.2. The van der Waals surface area contributed by atoms with Gasteiger partial charge in [-0.25, -0.2) is 4.79 Å². The molecule has 2 amide bonds. The molecule has 0 saturated carbocycles. The van der Waals surface area contributed by atoms with Crippen molar-refractivity contribution in [1.82, 2.24) is 9.13 Å². The smallest absolute Gasteiger partial charge is 0.326 e. The van der Waals surface area contributed by atoms with Crippen LogP contribution in [0.15, 0.2) is 52.2 Å². The maximum Gasteiger partial charge on any atom is 0.328 e. The predicted molar refractivity (Wildman–Crippen MR) is 116 cm³/mol. The fourth-order valence-electron chi connectivity index (χ4n) is 3.59. The Morgan fingerprint density at radius 1 is 1.03 bits per heavy atom. The van der Waals surface area contributed by atoms with E-state index >= 15 is 0 Å². The molecule has 0 saturated heterocycles. The average molecular weight is 410 g/mol. The number of anilines is 2. The number of carbonyl (C=O) groups excluding carboxylic acids is 2. The van der Waals surface area contributed by atoms with Crippen LogP contribution in [0, 0.1) is 0 Å². The molecule has 7 nitrogen and oxygen atoms in total. The first-order valence-electron chi connectivity index (χ1n) is 9.43. The minimum Gasteiger partial charge on any atom is -0.326 e. The summed E-state index contributed by atoms with van der Waals surface area (Å²) >= 11 is 1.74. The van der Waals surface area contributed by atoms with Gasteiger partial charge in [0.1, 0.15) is 0 Å². The molecule has 150 valence electrons. The van der Waals surface area contributed by atoms with Crippen molar-refractivity contribution in [3.8, 4) is 0 Å². The summed E-state index contributed by atoms with van der Waals surface area (Å²) in [5, 5.41) is 2.83. The zero-order chi connectivity index (χ0) is 20.5. The average Bonchev–Trinajstić information content (AvgIpc) is 2.95. The van der Waals surface area contributed by atoms with Gasteiger partial charge >= 0.3 is 5.69 Å². The molecule has 1 N–H and O–H groups in total. The summed E-state index contributed by atoms with van der Waals surface area (Å²) in [7, 11) is 3.41. The van der Waals surface area contributed by atoms with E-state index in [9.17, 15) is 14.4 Å². The first-order valence-corrected chi connectivity index (χ1v) is 10.4. The predicted octanol–water partition coefficient (Wildman–Crippen LogP) is 2.73. The van der Waals surface area contributed by atoms with E-state index in [1.54, 1.807) is 58.1 Å². The highest BCUT2D eigenvalue weighted by atomic mass is 32.2. The lowest BCUT2D eigenvalue weighted by Gasteiger charge is -2.29. The Morgan fingerprint density at radius 3 is 2.62 bits per heavy atom. The third-order valence-electron chi connectivity index (χ3n) is 5.15. The molecule has 3 aromatic rings. The van der Waals surface area contributed by atoms with Crippen molar-refractivity contribution in [3.05, 3.63) is 52.9 Å². The van der Waals surface area contributed by atoms with Crippen LogP contribution in [0.1, 0.15) is 12.8 Å². The van der Waals surface area contributed by atoms with Crippen LogP contribution < -0.4 is 15.9 Å². The molecule has 0 atom stereocenters. The number of aryl methyl sites for hydroxylation is 2. The number of hydrogen-bond acceptors (Lipinski definition) is 4. The number of thioether (sulfide) groups is 1. The molecule has 0 spiro atoms. The van der Waals surface area contributed by atoms with Gasteiger partial charge in [-0.1, -0.05) is 12.1 Å². The lowest BCUT2D eigenvalue weighted by molar-refractivity contribution is -0.122.